The summed E-state index contributed by atoms with van der Waals surface area (Å²) in [6.07, 6.45) is 10.1. The number of allylic oxidation sites excluding steroid dienone is 2. The second kappa shape index (κ2) is 21.1. The number of aliphatic carboxylic acids is 2. The van der Waals surface area contributed by atoms with Crippen molar-refractivity contribution in [2.75, 3.05) is 22.9 Å². The molecule has 0 saturated carbocycles. The van der Waals surface area contributed by atoms with E-state index in [1.165, 1.54) is 34.8 Å². The van der Waals surface area contributed by atoms with Crippen molar-refractivity contribution in [3.63, 3.8) is 0 Å². The Balaban J connectivity index is 0.998. The first kappa shape index (κ1) is 44.6. The fourth-order valence-corrected chi connectivity index (χ4v) is 9.04. The van der Waals surface area contributed by atoms with E-state index in [1.807, 2.05) is 78.9 Å². The number of rotatable bonds is 17. The molecule has 0 spiro atoms. The van der Waals surface area contributed by atoms with Crippen molar-refractivity contribution in [3.8, 4) is 35.8 Å². The summed E-state index contributed by atoms with van der Waals surface area (Å²) in [7, 11) is 0. The Hall–Kier alpha value is -8.46. The number of unbranched alkanes of at least 4 members (excludes halogenated alkanes) is 3. The molecule has 3 heterocycles. The number of carbonyl (C=O) groups is 2. The number of thiophene rings is 2. The predicted molar refractivity (Wildman–Crippen MR) is 256 cm³/mol. The number of nitrogens with zero attached hydrogens (tertiary/aromatic N) is 6. The van der Waals surface area contributed by atoms with E-state index < -0.39 is 11.9 Å². The standard InChI is InChI=1S/C52H38N6O5S2/c53-31-37(49-22-19-43(64-49)29-39(33-55)51(59)60)26-35-14-17-42(18-15-35)57(41-10-4-3-5-11-41)24-8-1-2-9-25-58-45-12-6-7-13-47(45)63-48-28-36(16-21-46(48)58)27-38(32-54)50-23-20-44(65-50)30-40(34-56)52(61)62/h3-7,10-23,26-30H,1-2,8-9,24-25H2,(H,59,60)(H,61,62)/b37-26+,38-27+,39-29+,40-30+. The maximum Gasteiger partial charge on any atom is 0.346 e. The Morgan fingerprint density at radius 1 is 0.569 bits per heavy atom. The van der Waals surface area contributed by atoms with Crippen LogP contribution in [-0.4, -0.2) is 35.2 Å². The summed E-state index contributed by atoms with van der Waals surface area (Å²) in [6, 6.07) is 46.8. The van der Waals surface area contributed by atoms with Gasteiger partial charge in [-0.1, -0.05) is 61.4 Å². The van der Waals surface area contributed by atoms with E-state index in [4.69, 9.17) is 15.3 Å². The number of hydrogen-bond donors (Lipinski definition) is 2. The van der Waals surface area contributed by atoms with Crippen LogP contribution in [0.4, 0.5) is 22.7 Å². The number of carboxylic acids is 2. The first-order valence-corrected chi connectivity index (χ1v) is 22.1. The molecule has 0 amide bonds. The van der Waals surface area contributed by atoms with Crippen LogP contribution in [0, 0.1) is 45.3 Å². The average molecular weight is 891 g/mol. The van der Waals surface area contributed by atoms with E-state index in [0.717, 1.165) is 78.4 Å². The molecule has 0 bridgehead atoms. The Morgan fingerprint density at radius 2 is 1.11 bits per heavy atom. The summed E-state index contributed by atoms with van der Waals surface area (Å²) < 4.78 is 6.39. The van der Waals surface area contributed by atoms with Crippen molar-refractivity contribution < 1.29 is 24.5 Å². The van der Waals surface area contributed by atoms with Crippen LogP contribution >= 0.6 is 22.7 Å². The highest BCUT2D eigenvalue weighted by Gasteiger charge is 2.24. The minimum Gasteiger partial charge on any atom is -0.477 e. The molecule has 13 heteroatoms. The van der Waals surface area contributed by atoms with Crippen LogP contribution in [0.2, 0.25) is 0 Å². The molecule has 4 aromatic carbocycles. The lowest BCUT2D eigenvalue weighted by molar-refractivity contribution is -0.133. The van der Waals surface area contributed by atoms with Gasteiger partial charge in [0, 0.05) is 44.0 Å². The molecule has 0 atom stereocenters. The highest BCUT2D eigenvalue weighted by Crippen LogP contribution is 2.47. The van der Waals surface area contributed by atoms with Crippen molar-refractivity contribution >= 4 is 92.8 Å². The minimum absolute atomic E-state index is 0.371. The second-order valence-corrected chi connectivity index (χ2v) is 16.9. The molecule has 2 aromatic heterocycles. The molecule has 7 rings (SSSR count). The Labute approximate surface area is 384 Å². The van der Waals surface area contributed by atoms with Gasteiger partial charge < -0.3 is 24.7 Å². The number of nitriles is 4. The maximum absolute atomic E-state index is 11.3. The molecule has 318 valence electrons. The molecule has 0 fully saturated rings. The van der Waals surface area contributed by atoms with Crippen molar-refractivity contribution in [3.05, 3.63) is 163 Å². The molecule has 0 aliphatic carbocycles. The molecule has 0 saturated heterocycles. The highest BCUT2D eigenvalue weighted by molar-refractivity contribution is 7.14. The third-order valence-electron chi connectivity index (χ3n) is 10.4. The molecule has 1 aliphatic rings. The molecular weight excluding hydrogens is 853 g/mol. The van der Waals surface area contributed by atoms with Gasteiger partial charge in [-0.15, -0.1) is 22.7 Å². The SMILES string of the molecule is N#C/C(=C\c1ccc(/C(C#N)=C/c2ccc(N(CCCCCCN3c4ccccc4Oc4cc(/C=C(\C#N)c5ccc(/C=C(\C#N)C(=O)O)s5)ccc43)c3ccccc3)cc2)s1)C(=O)O. The summed E-state index contributed by atoms with van der Waals surface area (Å²) in [5.74, 6) is -1.19. The number of carboxylic acid groups (broad SMARTS) is 2. The fraction of sp³-hybridized carbons (Fsp3) is 0.115. The highest BCUT2D eigenvalue weighted by atomic mass is 32.1. The van der Waals surface area contributed by atoms with Crippen LogP contribution in [0.5, 0.6) is 11.5 Å². The van der Waals surface area contributed by atoms with Gasteiger partial charge in [0.15, 0.2) is 11.5 Å². The van der Waals surface area contributed by atoms with E-state index in [0.29, 0.717) is 36.4 Å². The molecular formula is C52H38N6O5S2. The largest absolute Gasteiger partial charge is 0.477 e. The van der Waals surface area contributed by atoms with E-state index in [9.17, 15) is 30.3 Å². The monoisotopic (exact) mass is 890 g/mol. The van der Waals surface area contributed by atoms with Gasteiger partial charge in [0.2, 0.25) is 0 Å². The van der Waals surface area contributed by atoms with Crippen LogP contribution in [0.1, 0.15) is 56.3 Å². The Kier molecular flexibility index (Phi) is 14.5. The van der Waals surface area contributed by atoms with Crippen LogP contribution in [0.25, 0.3) is 35.5 Å². The number of hydrogen-bond acceptors (Lipinski definition) is 11. The van der Waals surface area contributed by atoms with Crippen LogP contribution in [-0.2, 0) is 9.59 Å². The second-order valence-electron chi connectivity index (χ2n) is 14.6. The zero-order chi connectivity index (χ0) is 45.7. The normalized spacial score (nSPS) is 12.4. The quantitative estimate of drug-likeness (QED) is 0.0504. The first-order valence-electron chi connectivity index (χ1n) is 20.4. The molecule has 0 radical (unpaired) electrons. The molecule has 2 N–H and O–H groups in total. The smallest absolute Gasteiger partial charge is 0.346 e. The minimum atomic E-state index is -1.31. The number of benzene rings is 4. The zero-order valence-corrected chi connectivity index (χ0v) is 36.4. The van der Waals surface area contributed by atoms with Gasteiger partial charge in [-0.3, -0.25) is 0 Å². The van der Waals surface area contributed by atoms with Crippen molar-refractivity contribution in [2.45, 2.75) is 25.7 Å². The lowest BCUT2D eigenvalue weighted by atomic mass is 10.1. The zero-order valence-electron chi connectivity index (χ0n) is 34.7. The number of para-hydroxylation sites is 3. The van der Waals surface area contributed by atoms with E-state index >= 15 is 0 Å². The summed E-state index contributed by atoms with van der Waals surface area (Å²) in [5, 5.41) is 56.7. The lowest BCUT2D eigenvalue weighted by Gasteiger charge is -2.33. The third-order valence-corrected chi connectivity index (χ3v) is 12.5. The summed E-state index contributed by atoms with van der Waals surface area (Å²) in [6.45, 7) is 1.57. The van der Waals surface area contributed by atoms with E-state index in [2.05, 4.69) is 40.1 Å². The van der Waals surface area contributed by atoms with Crippen LogP contribution in [0.15, 0.2) is 132 Å². The van der Waals surface area contributed by atoms with Gasteiger partial charge in [-0.05, 0) is 121 Å². The van der Waals surface area contributed by atoms with E-state index in [-0.39, 0.29) is 11.1 Å². The fourth-order valence-electron chi connectivity index (χ4n) is 7.21. The number of fused-ring (bicyclic) bond motifs is 2. The Bertz CT molecular complexity index is 3040. The average Bonchev–Trinajstić information content (AvgIpc) is 4.00. The van der Waals surface area contributed by atoms with Crippen molar-refractivity contribution in [2.24, 2.45) is 0 Å². The third kappa shape index (κ3) is 11.0. The van der Waals surface area contributed by atoms with Gasteiger partial charge in [-0.25, -0.2) is 9.59 Å². The number of anilines is 4. The molecule has 11 nitrogen and oxygen atoms in total. The van der Waals surface area contributed by atoms with Gasteiger partial charge in [0.1, 0.15) is 35.4 Å². The van der Waals surface area contributed by atoms with Crippen LogP contribution < -0.4 is 14.5 Å². The summed E-state index contributed by atoms with van der Waals surface area (Å²) in [5.41, 5.74) is 5.71. The number of ether oxygens (including phenoxy) is 1. The summed E-state index contributed by atoms with van der Waals surface area (Å²) in [4.78, 5) is 29.6. The molecule has 65 heavy (non-hydrogen) atoms. The summed E-state index contributed by atoms with van der Waals surface area (Å²) >= 11 is 2.48. The van der Waals surface area contributed by atoms with Gasteiger partial charge in [0.05, 0.1) is 22.5 Å². The lowest BCUT2D eigenvalue weighted by Crippen LogP contribution is -2.22. The Morgan fingerprint density at radius 3 is 1.71 bits per heavy atom. The van der Waals surface area contributed by atoms with Gasteiger partial charge >= 0.3 is 11.9 Å². The molecule has 0 unspecified atom stereocenters. The van der Waals surface area contributed by atoms with Gasteiger partial charge in [0.25, 0.3) is 0 Å². The van der Waals surface area contributed by atoms with Crippen LogP contribution in [0.3, 0.4) is 0 Å². The maximum atomic E-state index is 11.3. The molecule has 1 aliphatic heterocycles. The first-order chi connectivity index (χ1) is 31.7. The van der Waals surface area contributed by atoms with E-state index in [1.54, 1.807) is 48.6 Å². The van der Waals surface area contributed by atoms with Crippen molar-refractivity contribution in [1.29, 1.82) is 21.0 Å². The van der Waals surface area contributed by atoms with Gasteiger partial charge in [-0.2, -0.15) is 21.0 Å². The topological polar surface area (TPSA) is 185 Å². The predicted octanol–water partition coefficient (Wildman–Crippen LogP) is 12.6. The molecule has 6 aromatic rings. The van der Waals surface area contributed by atoms with Crippen molar-refractivity contribution in [1.82, 2.24) is 0 Å².